The van der Waals surface area contributed by atoms with Crippen LogP contribution in [0, 0.1) is 0 Å². The molecule has 2 aromatic rings. The first-order chi connectivity index (χ1) is 9.10. The van der Waals surface area contributed by atoms with Gasteiger partial charge in [-0.1, -0.05) is 12.1 Å². The Morgan fingerprint density at radius 3 is 2.58 bits per heavy atom. The summed E-state index contributed by atoms with van der Waals surface area (Å²) in [4.78, 5) is 25.7. The number of aromatic carboxylic acids is 1. The largest absolute Gasteiger partial charge is 0.478 e. The van der Waals surface area contributed by atoms with Crippen LogP contribution in [0.2, 0.25) is 0 Å². The second-order valence-corrected chi connectivity index (χ2v) is 3.76. The zero-order valence-corrected chi connectivity index (χ0v) is 10.1. The summed E-state index contributed by atoms with van der Waals surface area (Å²) in [6.45, 7) is 0.393. The van der Waals surface area contributed by atoms with Crippen molar-refractivity contribution in [1.82, 2.24) is 14.8 Å². The molecule has 1 N–H and O–H groups in total. The second kappa shape index (κ2) is 5.30. The molecule has 0 fully saturated rings. The number of carbonyl (C=O) groups excluding carboxylic acids is 1. The maximum absolute atomic E-state index is 11.2. The molecule has 1 aromatic carbocycles. The monoisotopic (exact) mass is 261 g/mol. The molecule has 0 amide bonds. The van der Waals surface area contributed by atoms with Gasteiger partial charge in [-0.25, -0.2) is 19.3 Å². The molecule has 0 spiro atoms. The Balaban J connectivity index is 2.10. The molecular formula is C12H11N3O4. The lowest BCUT2D eigenvalue weighted by atomic mass is 10.1. The highest BCUT2D eigenvalue weighted by Gasteiger charge is 2.11. The maximum Gasteiger partial charge on any atom is 0.377 e. The zero-order chi connectivity index (χ0) is 13.8. The number of carbonyl (C=O) groups is 2. The average molecular weight is 261 g/mol. The number of nitrogens with zero attached hydrogens (tertiary/aromatic N) is 3. The number of aromatic nitrogens is 3. The van der Waals surface area contributed by atoms with Gasteiger partial charge in [0.1, 0.15) is 6.33 Å². The van der Waals surface area contributed by atoms with E-state index in [1.165, 1.54) is 30.3 Å². The fraction of sp³-hybridized carbons (Fsp3) is 0.167. The van der Waals surface area contributed by atoms with Crippen LogP contribution in [0.3, 0.4) is 0 Å². The fourth-order valence-electron chi connectivity index (χ4n) is 1.50. The summed E-state index contributed by atoms with van der Waals surface area (Å²) >= 11 is 0. The van der Waals surface area contributed by atoms with Crippen LogP contribution < -0.4 is 0 Å². The van der Waals surface area contributed by atoms with Crippen molar-refractivity contribution in [1.29, 1.82) is 0 Å². The first-order valence-corrected chi connectivity index (χ1v) is 5.40. The smallest absolute Gasteiger partial charge is 0.377 e. The lowest BCUT2D eigenvalue weighted by Crippen LogP contribution is -2.06. The molecule has 0 unspecified atom stereocenters. The molecule has 2 rings (SSSR count). The van der Waals surface area contributed by atoms with E-state index in [2.05, 4.69) is 14.8 Å². The number of rotatable bonds is 4. The number of carboxylic acid groups (broad SMARTS) is 1. The standard InChI is InChI=1S/C12H11N3O4/c1-19-12(18)10-13-7-15(14-10)6-8-2-4-9(5-3-8)11(16)17/h2-5,7H,6H2,1H3,(H,16,17). The predicted octanol–water partition coefficient (Wildman–Crippen LogP) is 0.811. The van der Waals surface area contributed by atoms with Crippen LogP contribution in [-0.4, -0.2) is 38.9 Å². The van der Waals surface area contributed by atoms with Crippen molar-refractivity contribution in [2.45, 2.75) is 6.54 Å². The van der Waals surface area contributed by atoms with E-state index >= 15 is 0 Å². The third-order valence-electron chi connectivity index (χ3n) is 2.45. The van der Waals surface area contributed by atoms with Crippen molar-refractivity contribution in [3.05, 3.63) is 47.5 Å². The second-order valence-electron chi connectivity index (χ2n) is 3.76. The number of carboxylic acids is 1. The summed E-state index contributed by atoms with van der Waals surface area (Å²) in [5.41, 5.74) is 1.07. The van der Waals surface area contributed by atoms with Crippen molar-refractivity contribution in [2.75, 3.05) is 7.11 Å². The van der Waals surface area contributed by atoms with E-state index < -0.39 is 11.9 Å². The topological polar surface area (TPSA) is 94.3 Å². The number of methoxy groups -OCH3 is 1. The Labute approximate surface area is 108 Å². The number of esters is 1. The lowest BCUT2D eigenvalue weighted by molar-refractivity contribution is 0.0585. The van der Waals surface area contributed by atoms with E-state index in [1.54, 1.807) is 12.1 Å². The normalized spacial score (nSPS) is 10.2. The molecule has 0 aliphatic heterocycles. The van der Waals surface area contributed by atoms with Gasteiger partial charge in [0.05, 0.1) is 19.2 Å². The Morgan fingerprint density at radius 2 is 2.00 bits per heavy atom. The molecule has 0 saturated heterocycles. The van der Waals surface area contributed by atoms with Crippen LogP contribution in [0.1, 0.15) is 26.5 Å². The fourth-order valence-corrected chi connectivity index (χ4v) is 1.50. The minimum atomic E-state index is -0.972. The van der Waals surface area contributed by atoms with Gasteiger partial charge in [-0.05, 0) is 17.7 Å². The number of ether oxygens (including phenoxy) is 1. The minimum absolute atomic E-state index is 0.00958. The van der Waals surface area contributed by atoms with Crippen molar-refractivity contribution >= 4 is 11.9 Å². The SMILES string of the molecule is COC(=O)c1ncn(Cc2ccc(C(=O)O)cc2)n1. The van der Waals surface area contributed by atoms with Crippen LogP contribution in [0.15, 0.2) is 30.6 Å². The summed E-state index contributed by atoms with van der Waals surface area (Å²) in [5.74, 6) is -1.58. The molecule has 1 heterocycles. The van der Waals surface area contributed by atoms with E-state index in [9.17, 15) is 9.59 Å². The van der Waals surface area contributed by atoms with E-state index in [0.717, 1.165) is 5.56 Å². The third-order valence-corrected chi connectivity index (χ3v) is 2.45. The molecule has 0 saturated carbocycles. The predicted molar refractivity (Wildman–Crippen MR) is 63.9 cm³/mol. The number of hydrogen-bond acceptors (Lipinski definition) is 5. The summed E-state index contributed by atoms with van der Waals surface area (Å²) < 4.78 is 5.97. The van der Waals surface area contributed by atoms with Crippen LogP contribution in [0.5, 0.6) is 0 Å². The Morgan fingerprint density at radius 1 is 1.32 bits per heavy atom. The van der Waals surface area contributed by atoms with Crippen molar-refractivity contribution < 1.29 is 19.4 Å². The van der Waals surface area contributed by atoms with Gasteiger partial charge in [-0.3, -0.25) is 0 Å². The Bertz CT molecular complexity index is 604. The molecule has 98 valence electrons. The van der Waals surface area contributed by atoms with Gasteiger partial charge < -0.3 is 9.84 Å². The van der Waals surface area contributed by atoms with Gasteiger partial charge in [0.2, 0.25) is 0 Å². The van der Waals surface area contributed by atoms with Crippen molar-refractivity contribution in [3.8, 4) is 0 Å². The van der Waals surface area contributed by atoms with E-state index in [-0.39, 0.29) is 11.4 Å². The van der Waals surface area contributed by atoms with Crippen LogP contribution in [0.4, 0.5) is 0 Å². The summed E-state index contributed by atoms with van der Waals surface area (Å²) in [7, 11) is 1.26. The van der Waals surface area contributed by atoms with Crippen molar-refractivity contribution in [3.63, 3.8) is 0 Å². The maximum atomic E-state index is 11.2. The molecule has 7 heteroatoms. The highest BCUT2D eigenvalue weighted by Crippen LogP contribution is 2.06. The van der Waals surface area contributed by atoms with Gasteiger partial charge in [-0.2, -0.15) is 0 Å². The van der Waals surface area contributed by atoms with E-state index in [1.807, 2.05) is 0 Å². The van der Waals surface area contributed by atoms with Gasteiger partial charge >= 0.3 is 11.9 Å². The molecule has 7 nitrogen and oxygen atoms in total. The molecule has 0 aliphatic carbocycles. The minimum Gasteiger partial charge on any atom is -0.478 e. The molecule has 1 aromatic heterocycles. The summed E-state index contributed by atoms with van der Waals surface area (Å²) in [5, 5.41) is 12.7. The first-order valence-electron chi connectivity index (χ1n) is 5.40. The number of hydrogen-bond donors (Lipinski definition) is 1. The lowest BCUT2D eigenvalue weighted by Gasteiger charge is -2.01. The highest BCUT2D eigenvalue weighted by atomic mass is 16.5. The molecule has 0 aliphatic rings. The average Bonchev–Trinajstić information content (AvgIpc) is 2.87. The summed E-state index contributed by atoms with van der Waals surface area (Å²) in [6.07, 6.45) is 1.41. The quantitative estimate of drug-likeness (QED) is 0.818. The van der Waals surface area contributed by atoms with E-state index in [0.29, 0.717) is 6.54 Å². The summed E-state index contributed by atoms with van der Waals surface area (Å²) in [6, 6.07) is 6.39. The van der Waals surface area contributed by atoms with Crippen molar-refractivity contribution in [2.24, 2.45) is 0 Å². The van der Waals surface area contributed by atoms with Gasteiger partial charge in [-0.15, -0.1) is 5.10 Å². The number of benzene rings is 1. The first kappa shape index (κ1) is 12.7. The molecule has 19 heavy (non-hydrogen) atoms. The Kier molecular flexibility index (Phi) is 3.56. The highest BCUT2D eigenvalue weighted by molar-refractivity contribution is 5.87. The third kappa shape index (κ3) is 2.95. The van der Waals surface area contributed by atoms with Gasteiger partial charge in [0.15, 0.2) is 0 Å². The molecular weight excluding hydrogens is 250 g/mol. The van der Waals surface area contributed by atoms with Crippen LogP contribution in [0.25, 0.3) is 0 Å². The molecule has 0 radical (unpaired) electrons. The zero-order valence-electron chi connectivity index (χ0n) is 10.1. The molecule has 0 bridgehead atoms. The van der Waals surface area contributed by atoms with Gasteiger partial charge in [0, 0.05) is 0 Å². The van der Waals surface area contributed by atoms with Gasteiger partial charge in [0.25, 0.3) is 5.82 Å². The van der Waals surface area contributed by atoms with Crippen LogP contribution in [-0.2, 0) is 11.3 Å². The Hall–Kier alpha value is -2.70. The van der Waals surface area contributed by atoms with E-state index in [4.69, 9.17) is 5.11 Å². The van der Waals surface area contributed by atoms with Crippen LogP contribution >= 0.6 is 0 Å². The molecule has 0 atom stereocenters.